The number of carbonyl (C=O) groups excluding carboxylic acids is 1. The predicted octanol–water partition coefficient (Wildman–Crippen LogP) is 1.13. The van der Waals surface area contributed by atoms with Crippen LogP contribution in [-0.4, -0.2) is 29.7 Å². The van der Waals surface area contributed by atoms with Gasteiger partial charge < -0.3 is 9.64 Å². The van der Waals surface area contributed by atoms with Crippen LogP contribution in [0.2, 0.25) is 0 Å². The summed E-state index contributed by atoms with van der Waals surface area (Å²) in [6.07, 6.45) is 3.52. The summed E-state index contributed by atoms with van der Waals surface area (Å²) in [7, 11) is 5.28. The Hall–Kier alpha value is -2.04. The minimum absolute atomic E-state index is 0.375. The molecule has 0 atom stereocenters. The largest absolute Gasteiger partial charge is 0.414 e. The number of nitrogens with zero attached hydrogens (tertiary/aromatic N) is 3. The average molecular weight is 234 g/mol. The van der Waals surface area contributed by atoms with Gasteiger partial charge in [-0.05, 0) is 0 Å². The molecule has 90 valence electrons. The molecule has 2 aromatic heterocycles. The molecule has 0 unspecified atom stereocenters. The van der Waals surface area contributed by atoms with E-state index in [0.29, 0.717) is 5.75 Å². The van der Waals surface area contributed by atoms with Gasteiger partial charge in [-0.2, -0.15) is 0 Å². The van der Waals surface area contributed by atoms with Gasteiger partial charge in [0.05, 0.1) is 19.3 Å². The summed E-state index contributed by atoms with van der Waals surface area (Å²) in [6.45, 7) is 2.03. The molecule has 2 heterocycles. The van der Waals surface area contributed by atoms with Crippen LogP contribution in [0.25, 0.3) is 5.65 Å². The van der Waals surface area contributed by atoms with Crippen molar-refractivity contribution in [2.45, 2.75) is 6.92 Å². The normalized spacial score (nSPS) is 10.6. The average Bonchev–Trinajstić information content (AvgIpc) is 2.55. The maximum atomic E-state index is 11.4. The number of aryl methyl sites for hydroxylation is 2. The van der Waals surface area contributed by atoms with E-state index in [9.17, 15) is 4.79 Å². The molecule has 5 nitrogen and oxygen atoms in total. The number of amides is 1. The van der Waals surface area contributed by atoms with Crippen LogP contribution in [0.15, 0.2) is 24.5 Å². The van der Waals surface area contributed by atoms with E-state index in [1.54, 1.807) is 20.2 Å². The summed E-state index contributed by atoms with van der Waals surface area (Å²) >= 11 is 0. The number of hydrogen-bond acceptors (Lipinski definition) is 2. The molecule has 0 bridgehead atoms. The van der Waals surface area contributed by atoms with Crippen molar-refractivity contribution in [1.29, 1.82) is 0 Å². The highest BCUT2D eigenvalue weighted by Crippen LogP contribution is 2.13. The lowest BCUT2D eigenvalue weighted by atomic mass is 10.4. The second kappa shape index (κ2) is 4.08. The van der Waals surface area contributed by atoms with Crippen molar-refractivity contribution in [1.82, 2.24) is 9.47 Å². The second-order valence-corrected chi connectivity index (χ2v) is 4.22. The lowest BCUT2D eigenvalue weighted by Gasteiger charge is -2.09. The van der Waals surface area contributed by atoms with Gasteiger partial charge in [0, 0.05) is 27.1 Å². The van der Waals surface area contributed by atoms with Gasteiger partial charge in [0.1, 0.15) is 17.6 Å². The van der Waals surface area contributed by atoms with Crippen molar-refractivity contribution in [3.63, 3.8) is 0 Å². The molecule has 0 aliphatic rings. The highest BCUT2D eigenvalue weighted by atomic mass is 16.6. The first-order chi connectivity index (χ1) is 7.99. The van der Waals surface area contributed by atoms with Crippen molar-refractivity contribution < 1.29 is 13.9 Å². The van der Waals surface area contributed by atoms with E-state index in [1.165, 1.54) is 4.90 Å². The predicted molar refractivity (Wildman–Crippen MR) is 63.0 cm³/mol. The fourth-order valence-corrected chi connectivity index (χ4v) is 1.58. The number of pyridine rings is 1. The Morgan fingerprint density at radius 3 is 2.82 bits per heavy atom. The molecule has 17 heavy (non-hydrogen) atoms. The van der Waals surface area contributed by atoms with Crippen LogP contribution in [0.4, 0.5) is 4.79 Å². The van der Waals surface area contributed by atoms with Crippen molar-refractivity contribution in [3.8, 4) is 5.75 Å². The number of imidazole rings is 1. The monoisotopic (exact) mass is 234 g/mol. The first-order valence-electron chi connectivity index (χ1n) is 5.35. The van der Waals surface area contributed by atoms with E-state index in [0.717, 1.165) is 11.3 Å². The Bertz CT molecular complexity index is 572. The molecule has 0 aliphatic heterocycles. The summed E-state index contributed by atoms with van der Waals surface area (Å²) in [5.41, 5.74) is 2.12. The van der Waals surface area contributed by atoms with Gasteiger partial charge in [-0.25, -0.2) is 13.8 Å². The molecule has 5 heteroatoms. The second-order valence-electron chi connectivity index (χ2n) is 4.22. The Morgan fingerprint density at radius 2 is 2.18 bits per heavy atom. The van der Waals surface area contributed by atoms with Gasteiger partial charge in [-0.1, -0.05) is 0 Å². The first kappa shape index (κ1) is 11.4. The van der Waals surface area contributed by atoms with Gasteiger partial charge in [-0.15, -0.1) is 0 Å². The quantitative estimate of drug-likeness (QED) is 0.694. The van der Waals surface area contributed by atoms with Gasteiger partial charge >= 0.3 is 6.09 Å². The molecule has 0 saturated heterocycles. The van der Waals surface area contributed by atoms with Gasteiger partial charge in [0.25, 0.3) is 5.65 Å². The Balaban J connectivity index is 2.37. The molecule has 2 aromatic rings. The van der Waals surface area contributed by atoms with Crippen LogP contribution >= 0.6 is 0 Å². The third kappa shape index (κ3) is 2.08. The minimum atomic E-state index is -0.375. The van der Waals surface area contributed by atoms with E-state index >= 15 is 0 Å². The van der Waals surface area contributed by atoms with Crippen LogP contribution in [0.3, 0.4) is 0 Å². The third-order valence-electron chi connectivity index (χ3n) is 2.70. The molecule has 0 spiro atoms. The molecular weight excluding hydrogens is 218 g/mol. The molecule has 0 aliphatic carbocycles. The molecule has 0 radical (unpaired) electrons. The zero-order chi connectivity index (χ0) is 12.6. The SMILES string of the molecule is Cc1c[n+]2ccc(OC(=O)N(C)C)cc2n1C. The minimum Gasteiger partial charge on any atom is -0.410 e. The van der Waals surface area contributed by atoms with Crippen molar-refractivity contribution >= 4 is 11.7 Å². The number of rotatable bonds is 1. The third-order valence-corrected chi connectivity index (χ3v) is 2.70. The molecule has 1 amide bonds. The van der Waals surface area contributed by atoms with Crippen LogP contribution in [-0.2, 0) is 7.05 Å². The lowest BCUT2D eigenvalue weighted by molar-refractivity contribution is -0.510. The maximum absolute atomic E-state index is 11.4. The van der Waals surface area contributed by atoms with Gasteiger partial charge in [0.2, 0.25) is 0 Å². The fourth-order valence-electron chi connectivity index (χ4n) is 1.58. The van der Waals surface area contributed by atoms with Crippen LogP contribution in [0.1, 0.15) is 5.69 Å². The lowest BCUT2D eigenvalue weighted by Crippen LogP contribution is -2.26. The summed E-state index contributed by atoms with van der Waals surface area (Å²) < 4.78 is 9.23. The van der Waals surface area contributed by atoms with Gasteiger partial charge in [0.15, 0.2) is 0 Å². The summed E-state index contributed by atoms with van der Waals surface area (Å²) in [6, 6.07) is 3.61. The molecule has 0 N–H and O–H groups in total. The number of fused-ring (bicyclic) bond motifs is 1. The zero-order valence-electron chi connectivity index (χ0n) is 10.5. The van der Waals surface area contributed by atoms with Crippen molar-refractivity contribution in [3.05, 3.63) is 30.2 Å². The summed E-state index contributed by atoms with van der Waals surface area (Å²) in [5, 5.41) is 0. The van der Waals surface area contributed by atoms with E-state index in [4.69, 9.17) is 4.74 Å². The smallest absolute Gasteiger partial charge is 0.410 e. The molecule has 0 fully saturated rings. The van der Waals surface area contributed by atoms with Crippen LogP contribution in [0.5, 0.6) is 5.75 Å². The maximum Gasteiger partial charge on any atom is 0.414 e. The number of carbonyl (C=O) groups is 1. The van der Waals surface area contributed by atoms with Crippen molar-refractivity contribution in [2.75, 3.05) is 14.1 Å². The van der Waals surface area contributed by atoms with E-state index < -0.39 is 0 Å². The number of ether oxygens (including phenoxy) is 1. The number of aromatic nitrogens is 2. The van der Waals surface area contributed by atoms with E-state index in [1.807, 2.05) is 41.4 Å². The summed E-state index contributed by atoms with van der Waals surface area (Å²) in [4.78, 5) is 12.8. The fraction of sp³-hybridized carbons (Fsp3) is 0.333. The molecule has 0 saturated carbocycles. The standard InChI is InChI=1S/C12H16N3O2/c1-9-8-15-6-5-10(7-11(15)14(9)4)17-12(16)13(2)3/h5-8H,1-4H3/q+1. The molecule has 2 rings (SSSR count). The first-order valence-corrected chi connectivity index (χ1v) is 5.35. The Labute approximate surface area is 99.8 Å². The topological polar surface area (TPSA) is 38.6 Å². The molecular formula is C12H16N3O2+. The molecule has 0 aromatic carbocycles. The van der Waals surface area contributed by atoms with Crippen LogP contribution in [0, 0.1) is 6.92 Å². The summed E-state index contributed by atoms with van der Waals surface area (Å²) in [5.74, 6) is 0.546. The van der Waals surface area contributed by atoms with Gasteiger partial charge in [-0.3, -0.25) is 0 Å². The highest BCUT2D eigenvalue weighted by Gasteiger charge is 2.13. The van der Waals surface area contributed by atoms with E-state index in [-0.39, 0.29) is 6.09 Å². The highest BCUT2D eigenvalue weighted by molar-refractivity contribution is 5.70. The zero-order valence-corrected chi connectivity index (χ0v) is 10.5. The van der Waals surface area contributed by atoms with Crippen LogP contribution < -0.4 is 9.14 Å². The Kier molecular flexibility index (Phi) is 2.75. The van der Waals surface area contributed by atoms with Crippen molar-refractivity contribution in [2.24, 2.45) is 7.05 Å². The van der Waals surface area contributed by atoms with E-state index in [2.05, 4.69) is 0 Å². The number of hydrogen-bond donors (Lipinski definition) is 0. The Morgan fingerprint density at radius 1 is 1.47 bits per heavy atom.